The van der Waals surface area contributed by atoms with Crippen LogP contribution in [0.15, 0.2) is 70.5 Å². The first kappa shape index (κ1) is 24.9. The first-order valence-electron chi connectivity index (χ1n) is 13.0. The number of aromatic amines is 1. The van der Waals surface area contributed by atoms with E-state index in [1.165, 1.54) is 6.07 Å². The molecule has 1 amide bonds. The number of amides is 1. The lowest BCUT2D eigenvalue weighted by molar-refractivity contribution is 0.0601. The molecule has 1 saturated heterocycles. The van der Waals surface area contributed by atoms with E-state index in [1.54, 1.807) is 18.2 Å². The molecule has 2 aliphatic heterocycles. The molecule has 3 heterocycles. The van der Waals surface area contributed by atoms with Crippen LogP contribution < -0.4 is 10.9 Å². The van der Waals surface area contributed by atoms with Crippen molar-refractivity contribution in [3.63, 3.8) is 0 Å². The number of rotatable bonds is 4. The van der Waals surface area contributed by atoms with Crippen molar-refractivity contribution in [2.24, 2.45) is 4.99 Å². The van der Waals surface area contributed by atoms with E-state index in [0.717, 1.165) is 42.4 Å². The van der Waals surface area contributed by atoms with Gasteiger partial charge in [0.2, 0.25) is 0 Å². The average Bonchev–Trinajstić information content (AvgIpc) is 3.34. The molecule has 39 heavy (non-hydrogen) atoms. The first-order valence-corrected chi connectivity index (χ1v) is 13.0. The minimum atomic E-state index is -0.488. The van der Waals surface area contributed by atoms with Gasteiger partial charge in [-0.15, -0.1) is 0 Å². The van der Waals surface area contributed by atoms with Gasteiger partial charge in [-0.05, 0) is 60.8 Å². The van der Waals surface area contributed by atoms with Gasteiger partial charge in [-0.25, -0.2) is 19.3 Å². The number of aliphatic imine (C=N–C) groups is 1. The van der Waals surface area contributed by atoms with Crippen molar-refractivity contribution >= 4 is 28.4 Å². The van der Waals surface area contributed by atoms with Crippen LogP contribution in [0.4, 0.5) is 14.9 Å². The normalized spacial score (nSPS) is 15.7. The molecule has 3 aromatic carbocycles. The summed E-state index contributed by atoms with van der Waals surface area (Å²) in [5.74, 6) is 0.172. The molecule has 0 atom stereocenters. The number of carbonyl (C=O) groups excluding carboxylic acids is 1. The highest BCUT2D eigenvalue weighted by Crippen LogP contribution is 2.33. The molecule has 198 valence electrons. The molecular formula is C30H28FN5O3. The summed E-state index contributed by atoms with van der Waals surface area (Å²) in [5, 5.41) is 10.9. The number of piperidine rings is 1. The van der Waals surface area contributed by atoms with E-state index in [4.69, 9.17) is 4.74 Å². The minimum Gasteiger partial charge on any atom is -0.446 e. The number of hydrogen-bond acceptors (Lipinski definition) is 6. The molecule has 0 spiro atoms. The maximum Gasteiger partial charge on any atom is 0.412 e. The van der Waals surface area contributed by atoms with Crippen molar-refractivity contribution in [2.45, 2.75) is 31.8 Å². The third-order valence-electron chi connectivity index (χ3n) is 7.37. The van der Waals surface area contributed by atoms with E-state index >= 15 is 0 Å². The second-order valence-corrected chi connectivity index (χ2v) is 10.1. The summed E-state index contributed by atoms with van der Waals surface area (Å²) in [5.41, 5.74) is 4.11. The fraction of sp³-hybridized carbons (Fsp3) is 0.267. The van der Waals surface area contributed by atoms with Gasteiger partial charge in [0.1, 0.15) is 17.8 Å². The Morgan fingerprint density at radius 2 is 1.90 bits per heavy atom. The molecule has 0 unspecified atom stereocenters. The minimum absolute atomic E-state index is 0.0863. The van der Waals surface area contributed by atoms with Crippen molar-refractivity contribution < 1.29 is 13.9 Å². The largest absolute Gasteiger partial charge is 0.446 e. The van der Waals surface area contributed by atoms with E-state index in [9.17, 15) is 14.0 Å². The van der Waals surface area contributed by atoms with Crippen molar-refractivity contribution in [3.05, 3.63) is 93.7 Å². The Morgan fingerprint density at radius 1 is 1.10 bits per heavy atom. The van der Waals surface area contributed by atoms with Crippen LogP contribution in [-0.4, -0.2) is 53.3 Å². The summed E-state index contributed by atoms with van der Waals surface area (Å²) in [6, 6.07) is 17.9. The second-order valence-electron chi connectivity index (χ2n) is 10.1. The quantitative estimate of drug-likeness (QED) is 0.402. The van der Waals surface area contributed by atoms with E-state index in [1.807, 2.05) is 36.4 Å². The van der Waals surface area contributed by atoms with Crippen LogP contribution in [0.2, 0.25) is 0 Å². The standard InChI is InChI=1S/C30H28FN5O3/c1-36-12-10-21(11-13-36)39-30(38)33-28-17-20-8-7-19(16-26(20)32-28)24-14-18(6-9-25(24)31)15-27-22-4-2-3-5-23(22)29(37)35-34-27/h2-9,14,16,21H,10-13,15,17H2,1H3,(H,35,37)(H,32,33,38). The number of benzene rings is 3. The lowest BCUT2D eigenvalue weighted by atomic mass is 9.97. The average molecular weight is 526 g/mol. The van der Waals surface area contributed by atoms with Crippen LogP contribution in [0.3, 0.4) is 0 Å². The van der Waals surface area contributed by atoms with Crippen molar-refractivity contribution in [2.75, 3.05) is 20.1 Å². The summed E-state index contributed by atoms with van der Waals surface area (Å²) in [7, 11) is 2.06. The molecule has 1 fully saturated rings. The molecular weight excluding hydrogens is 497 g/mol. The summed E-state index contributed by atoms with van der Waals surface area (Å²) >= 11 is 0. The number of nitrogens with zero attached hydrogens (tertiary/aromatic N) is 3. The molecule has 2 N–H and O–H groups in total. The summed E-state index contributed by atoms with van der Waals surface area (Å²) in [4.78, 5) is 31.3. The molecule has 0 bridgehead atoms. The predicted octanol–water partition coefficient (Wildman–Crippen LogP) is 4.73. The molecule has 0 radical (unpaired) electrons. The van der Waals surface area contributed by atoms with Crippen molar-refractivity contribution in [1.82, 2.24) is 20.4 Å². The Balaban J connectivity index is 1.20. The maximum atomic E-state index is 15.0. The lowest BCUT2D eigenvalue weighted by Gasteiger charge is -2.28. The molecule has 4 aromatic rings. The Bertz CT molecular complexity index is 1660. The highest BCUT2D eigenvalue weighted by atomic mass is 19.1. The number of ether oxygens (including phenoxy) is 1. The van der Waals surface area contributed by atoms with Gasteiger partial charge < -0.3 is 9.64 Å². The van der Waals surface area contributed by atoms with E-state index in [0.29, 0.717) is 46.6 Å². The third-order valence-corrected chi connectivity index (χ3v) is 7.37. The number of hydrogen-bond donors (Lipinski definition) is 2. The summed E-state index contributed by atoms with van der Waals surface area (Å²) in [6.07, 6.45) is 1.97. The zero-order valence-corrected chi connectivity index (χ0v) is 21.5. The zero-order valence-electron chi connectivity index (χ0n) is 21.5. The highest BCUT2D eigenvalue weighted by Gasteiger charge is 2.23. The maximum absolute atomic E-state index is 15.0. The molecule has 9 heteroatoms. The lowest BCUT2D eigenvalue weighted by Crippen LogP contribution is -2.39. The predicted molar refractivity (Wildman–Crippen MR) is 148 cm³/mol. The van der Waals surface area contributed by atoms with Gasteiger partial charge in [0.05, 0.1) is 16.8 Å². The van der Waals surface area contributed by atoms with Crippen LogP contribution >= 0.6 is 0 Å². The molecule has 8 nitrogen and oxygen atoms in total. The van der Waals surface area contributed by atoms with E-state index in [-0.39, 0.29) is 17.5 Å². The van der Waals surface area contributed by atoms with Gasteiger partial charge in [-0.3, -0.25) is 10.1 Å². The van der Waals surface area contributed by atoms with Crippen LogP contribution in [-0.2, 0) is 17.6 Å². The van der Waals surface area contributed by atoms with E-state index in [2.05, 4.69) is 32.5 Å². The Kier molecular flexibility index (Phi) is 6.66. The van der Waals surface area contributed by atoms with Crippen LogP contribution in [0.25, 0.3) is 21.9 Å². The second kappa shape index (κ2) is 10.4. The number of halogens is 1. The zero-order chi connectivity index (χ0) is 26.9. The Labute approximate surface area is 224 Å². The smallest absolute Gasteiger partial charge is 0.412 e. The number of fused-ring (bicyclic) bond motifs is 2. The van der Waals surface area contributed by atoms with Crippen molar-refractivity contribution in [1.29, 1.82) is 0 Å². The molecule has 6 rings (SSSR count). The Hall–Kier alpha value is -4.37. The summed E-state index contributed by atoms with van der Waals surface area (Å²) < 4.78 is 20.5. The highest BCUT2D eigenvalue weighted by molar-refractivity contribution is 6.01. The number of amidine groups is 1. The van der Waals surface area contributed by atoms with Crippen LogP contribution in [0.5, 0.6) is 0 Å². The van der Waals surface area contributed by atoms with Crippen LogP contribution in [0, 0.1) is 5.82 Å². The monoisotopic (exact) mass is 525 g/mol. The number of likely N-dealkylation sites (tertiary alicyclic amines) is 1. The van der Waals surface area contributed by atoms with E-state index < -0.39 is 6.09 Å². The molecule has 2 aliphatic rings. The fourth-order valence-electron chi connectivity index (χ4n) is 5.23. The van der Waals surface area contributed by atoms with Gasteiger partial charge in [-0.2, -0.15) is 5.10 Å². The number of aromatic nitrogens is 2. The summed E-state index contributed by atoms with van der Waals surface area (Å²) in [6.45, 7) is 1.81. The molecule has 0 aliphatic carbocycles. The number of alkyl carbamates (subject to hydrolysis) is 1. The van der Waals surface area contributed by atoms with Gasteiger partial charge >= 0.3 is 6.09 Å². The molecule has 0 saturated carbocycles. The SMILES string of the molecule is CN1CCC(OC(=O)NC2=Nc3cc(-c4cc(Cc5n[nH]c(=O)c6ccccc56)ccc4F)ccc3C2)CC1. The van der Waals surface area contributed by atoms with Gasteiger partial charge in [0, 0.05) is 36.9 Å². The first-order chi connectivity index (χ1) is 18.9. The number of nitrogens with one attached hydrogen (secondary N) is 2. The van der Waals surface area contributed by atoms with Crippen LogP contribution in [0.1, 0.15) is 29.7 Å². The molecule has 1 aromatic heterocycles. The third kappa shape index (κ3) is 5.31. The van der Waals surface area contributed by atoms with Gasteiger partial charge in [-0.1, -0.05) is 36.4 Å². The Morgan fingerprint density at radius 3 is 2.72 bits per heavy atom. The van der Waals surface area contributed by atoms with Crippen molar-refractivity contribution in [3.8, 4) is 11.1 Å². The number of H-pyrrole nitrogens is 1. The number of carbonyl (C=O) groups is 1. The topological polar surface area (TPSA) is 99.7 Å². The van der Waals surface area contributed by atoms with Gasteiger partial charge in [0.15, 0.2) is 0 Å². The van der Waals surface area contributed by atoms with Gasteiger partial charge in [0.25, 0.3) is 5.56 Å². The fourth-order valence-corrected chi connectivity index (χ4v) is 5.23.